The molecule has 3 heterocycles. The third kappa shape index (κ3) is 4.63. The van der Waals surface area contributed by atoms with E-state index in [1.807, 2.05) is 18.6 Å². The molecule has 0 saturated carbocycles. The standard InChI is InChI=1S/C17H20N6OS/c1-3-14-11-25-16(22-14)9-20-17(24)13-4-5-15(19-8-13)18-6-12-7-21-23(2)10-12/h4-5,7-8,10-11H,3,6,9H2,1-2H3,(H,18,19)(H,20,24). The maximum atomic E-state index is 12.2. The second-order valence-electron chi connectivity index (χ2n) is 5.58. The van der Waals surface area contributed by atoms with Gasteiger partial charge in [0, 0.05) is 36.9 Å². The molecule has 0 radical (unpaired) electrons. The van der Waals surface area contributed by atoms with Crippen molar-refractivity contribution in [1.29, 1.82) is 0 Å². The molecule has 1 amide bonds. The van der Waals surface area contributed by atoms with Gasteiger partial charge in [0.2, 0.25) is 0 Å². The number of nitrogens with zero attached hydrogens (tertiary/aromatic N) is 4. The van der Waals surface area contributed by atoms with Crippen molar-refractivity contribution in [2.24, 2.45) is 7.05 Å². The first-order chi connectivity index (χ1) is 12.1. The number of rotatable bonds is 7. The van der Waals surface area contributed by atoms with Crippen LogP contribution in [-0.4, -0.2) is 25.7 Å². The van der Waals surface area contributed by atoms with E-state index in [0.29, 0.717) is 24.5 Å². The van der Waals surface area contributed by atoms with E-state index in [1.54, 1.807) is 40.5 Å². The van der Waals surface area contributed by atoms with Gasteiger partial charge in [-0.1, -0.05) is 6.92 Å². The molecule has 8 heteroatoms. The molecule has 25 heavy (non-hydrogen) atoms. The number of nitrogens with one attached hydrogen (secondary N) is 2. The summed E-state index contributed by atoms with van der Waals surface area (Å²) >= 11 is 1.56. The van der Waals surface area contributed by atoms with Crippen LogP contribution in [0.2, 0.25) is 0 Å². The van der Waals surface area contributed by atoms with E-state index >= 15 is 0 Å². The summed E-state index contributed by atoms with van der Waals surface area (Å²) in [7, 11) is 1.88. The van der Waals surface area contributed by atoms with Gasteiger partial charge >= 0.3 is 0 Å². The Hall–Kier alpha value is -2.74. The molecule has 2 N–H and O–H groups in total. The fraction of sp³-hybridized carbons (Fsp3) is 0.294. The lowest BCUT2D eigenvalue weighted by Gasteiger charge is -2.06. The maximum absolute atomic E-state index is 12.2. The van der Waals surface area contributed by atoms with Gasteiger partial charge in [-0.05, 0) is 18.6 Å². The fourth-order valence-corrected chi connectivity index (χ4v) is 3.06. The largest absolute Gasteiger partial charge is 0.366 e. The van der Waals surface area contributed by atoms with Crippen molar-refractivity contribution in [3.8, 4) is 0 Å². The molecule has 0 spiro atoms. The summed E-state index contributed by atoms with van der Waals surface area (Å²) in [5.74, 6) is 0.562. The molecule has 0 aromatic carbocycles. The predicted molar refractivity (Wildman–Crippen MR) is 97.4 cm³/mol. The van der Waals surface area contributed by atoms with Crippen LogP contribution in [0.3, 0.4) is 0 Å². The van der Waals surface area contributed by atoms with Crippen LogP contribution < -0.4 is 10.6 Å². The molecule has 0 saturated heterocycles. The van der Waals surface area contributed by atoms with Crippen molar-refractivity contribution in [2.45, 2.75) is 26.4 Å². The zero-order valence-corrected chi connectivity index (χ0v) is 15.0. The minimum Gasteiger partial charge on any atom is -0.366 e. The van der Waals surface area contributed by atoms with Gasteiger partial charge in [-0.3, -0.25) is 9.48 Å². The van der Waals surface area contributed by atoms with E-state index < -0.39 is 0 Å². The van der Waals surface area contributed by atoms with Crippen LogP contribution in [0, 0.1) is 0 Å². The van der Waals surface area contributed by atoms with E-state index in [0.717, 1.165) is 22.7 Å². The summed E-state index contributed by atoms with van der Waals surface area (Å²) < 4.78 is 1.75. The quantitative estimate of drug-likeness (QED) is 0.679. The van der Waals surface area contributed by atoms with Crippen LogP contribution >= 0.6 is 11.3 Å². The van der Waals surface area contributed by atoms with Gasteiger partial charge in [0.1, 0.15) is 10.8 Å². The lowest BCUT2D eigenvalue weighted by atomic mass is 10.2. The monoisotopic (exact) mass is 356 g/mol. The first-order valence-electron chi connectivity index (χ1n) is 8.03. The Bertz CT molecular complexity index is 839. The Balaban J connectivity index is 1.51. The SMILES string of the molecule is CCc1csc(CNC(=O)c2ccc(NCc3cnn(C)c3)nc2)n1. The first kappa shape index (κ1) is 17.1. The maximum Gasteiger partial charge on any atom is 0.253 e. The highest BCUT2D eigenvalue weighted by Gasteiger charge is 2.08. The zero-order valence-electron chi connectivity index (χ0n) is 14.2. The average Bonchev–Trinajstić information content (AvgIpc) is 3.27. The Labute approximate surface area is 150 Å². The van der Waals surface area contributed by atoms with Crippen LogP contribution in [0.4, 0.5) is 5.82 Å². The van der Waals surface area contributed by atoms with Gasteiger partial charge in [-0.15, -0.1) is 11.3 Å². The van der Waals surface area contributed by atoms with E-state index in [9.17, 15) is 4.79 Å². The highest BCUT2D eigenvalue weighted by Crippen LogP contribution is 2.11. The summed E-state index contributed by atoms with van der Waals surface area (Å²) in [6.07, 6.45) is 6.22. The van der Waals surface area contributed by atoms with Crippen molar-refractivity contribution in [1.82, 2.24) is 25.1 Å². The Morgan fingerprint density at radius 3 is 2.80 bits per heavy atom. The first-order valence-corrected chi connectivity index (χ1v) is 8.91. The average molecular weight is 356 g/mol. The van der Waals surface area contributed by atoms with Gasteiger partial charge in [0.15, 0.2) is 0 Å². The summed E-state index contributed by atoms with van der Waals surface area (Å²) in [6, 6.07) is 3.55. The predicted octanol–water partition coefficient (Wildman–Crippen LogP) is 2.38. The van der Waals surface area contributed by atoms with Crippen molar-refractivity contribution >= 4 is 23.1 Å². The Morgan fingerprint density at radius 1 is 1.28 bits per heavy atom. The lowest BCUT2D eigenvalue weighted by Crippen LogP contribution is -2.22. The normalized spacial score (nSPS) is 10.6. The van der Waals surface area contributed by atoms with Gasteiger partial charge in [-0.25, -0.2) is 9.97 Å². The highest BCUT2D eigenvalue weighted by atomic mass is 32.1. The second-order valence-corrected chi connectivity index (χ2v) is 6.52. The third-order valence-electron chi connectivity index (χ3n) is 3.62. The lowest BCUT2D eigenvalue weighted by molar-refractivity contribution is 0.0950. The molecule has 0 atom stereocenters. The molecule has 3 aromatic rings. The van der Waals surface area contributed by atoms with Crippen molar-refractivity contribution < 1.29 is 4.79 Å². The molecule has 130 valence electrons. The Morgan fingerprint density at radius 2 is 2.16 bits per heavy atom. The molecule has 0 fully saturated rings. The van der Waals surface area contributed by atoms with E-state index in [2.05, 4.69) is 32.6 Å². The van der Waals surface area contributed by atoms with Crippen LogP contribution in [0.5, 0.6) is 0 Å². The molecular formula is C17H20N6OS. The number of aromatic nitrogens is 4. The molecule has 3 aromatic heterocycles. The number of amides is 1. The number of hydrogen-bond donors (Lipinski definition) is 2. The number of aryl methyl sites for hydroxylation is 2. The molecule has 0 aliphatic carbocycles. The number of thiazole rings is 1. The van der Waals surface area contributed by atoms with E-state index in [4.69, 9.17) is 0 Å². The number of pyridine rings is 1. The molecule has 0 unspecified atom stereocenters. The topological polar surface area (TPSA) is 84.7 Å². The zero-order chi connectivity index (χ0) is 17.6. The second kappa shape index (κ2) is 7.89. The minimum absolute atomic E-state index is 0.153. The summed E-state index contributed by atoms with van der Waals surface area (Å²) in [5.41, 5.74) is 2.65. The van der Waals surface area contributed by atoms with Crippen LogP contribution in [0.25, 0.3) is 0 Å². The smallest absolute Gasteiger partial charge is 0.253 e. The van der Waals surface area contributed by atoms with Gasteiger partial charge < -0.3 is 10.6 Å². The van der Waals surface area contributed by atoms with Crippen molar-refractivity contribution in [2.75, 3.05) is 5.32 Å². The summed E-state index contributed by atoms with van der Waals surface area (Å²) in [5, 5.41) is 13.1. The third-order valence-corrected chi connectivity index (χ3v) is 4.52. The molecular weight excluding hydrogens is 336 g/mol. The van der Waals surface area contributed by atoms with Crippen LogP contribution in [0.1, 0.15) is 33.5 Å². The minimum atomic E-state index is -0.153. The summed E-state index contributed by atoms with van der Waals surface area (Å²) in [6.45, 7) is 3.13. The number of carbonyl (C=O) groups is 1. The van der Waals surface area contributed by atoms with Crippen LogP contribution in [-0.2, 0) is 26.6 Å². The van der Waals surface area contributed by atoms with Crippen LogP contribution in [0.15, 0.2) is 36.1 Å². The van der Waals surface area contributed by atoms with E-state index in [-0.39, 0.29) is 5.91 Å². The number of carbonyl (C=O) groups excluding carboxylic acids is 1. The molecule has 0 bridgehead atoms. The molecule has 0 aliphatic rings. The molecule has 3 rings (SSSR count). The Kier molecular flexibility index (Phi) is 5.39. The fourth-order valence-electron chi connectivity index (χ4n) is 2.24. The van der Waals surface area contributed by atoms with Crippen molar-refractivity contribution in [3.63, 3.8) is 0 Å². The summed E-state index contributed by atoms with van der Waals surface area (Å²) in [4.78, 5) is 20.9. The van der Waals surface area contributed by atoms with Crippen molar-refractivity contribution in [3.05, 3.63) is 57.9 Å². The van der Waals surface area contributed by atoms with Gasteiger partial charge in [0.05, 0.1) is 24.0 Å². The van der Waals surface area contributed by atoms with Gasteiger partial charge in [0.25, 0.3) is 5.91 Å². The highest BCUT2D eigenvalue weighted by molar-refractivity contribution is 7.09. The number of hydrogen-bond acceptors (Lipinski definition) is 6. The molecule has 7 nitrogen and oxygen atoms in total. The number of anilines is 1. The van der Waals surface area contributed by atoms with Gasteiger partial charge in [-0.2, -0.15) is 5.10 Å². The van der Waals surface area contributed by atoms with E-state index in [1.165, 1.54) is 0 Å². The molecule has 0 aliphatic heterocycles.